The van der Waals surface area contributed by atoms with Crippen LogP contribution in [0, 0.1) is 0 Å². The molecule has 2 heterocycles. The average molecular weight is 390 g/mol. The number of carbonyl (C=O) groups is 1. The fraction of sp³-hybridized carbons (Fsp3) is 0.261. The number of anilines is 2. The van der Waals surface area contributed by atoms with Crippen LogP contribution in [0.3, 0.4) is 0 Å². The highest BCUT2D eigenvalue weighted by atomic mass is 16.5. The first kappa shape index (κ1) is 20.3. The molecule has 6 nitrogen and oxygen atoms in total. The van der Waals surface area contributed by atoms with Crippen LogP contribution in [0.4, 0.5) is 11.4 Å². The van der Waals surface area contributed by atoms with Crippen LogP contribution < -0.4 is 15.0 Å². The fourth-order valence-corrected chi connectivity index (χ4v) is 2.84. The quantitative estimate of drug-likeness (QED) is 0.624. The van der Waals surface area contributed by atoms with E-state index in [2.05, 4.69) is 20.2 Å². The summed E-state index contributed by atoms with van der Waals surface area (Å²) in [4.78, 5) is 23.0. The van der Waals surface area contributed by atoms with E-state index >= 15 is 0 Å². The minimum atomic E-state index is -0.244. The smallest absolute Gasteiger partial charge is 0.274 e. The van der Waals surface area contributed by atoms with E-state index < -0.39 is 0 Å². The molecule has 6 heteroatoms. The van der Waals surface area contributed by atoms with Crippen LogP contribution in [0.15, 0.2) is 67.1 Å². The molecule has 0 atom stereocenters. The lowest BCUT2D eigenvalue weighted by Crippen LogP contribution is -2.21. The molecule has 0 aliphatic rings. The molecule has 2 aromatic heterocycles. The summed E-state index contributed by atoms with van der Waals surface area (Å²) in [7, 11) is 2.01. The molecule has 0 radical (unpaired) electrons. The van der Waals surface area contributed by atoms with Gasteiger partial charge in [-0.3, -0.25) is 14.8 Å². The van der Waals surface area contributed by atoms with Crippen molar-refractivity contribution in [1.29, 1.82) is 0 Å². The van der Waals surface area contributed by atoms with Crippen molar-refractivity contribution in [2.75, 3.05) is 23.8 Å². The Bertz CT molecular complexity index is 927. The molecule has 1 N–H and O–H groups in total. The van der Waals surface area contributed by atoms with Crippen molar-refractivity contribution in [2.45, 2.75) is 26.4 Å². The van der Waals surface area contributed by atoms with Gasteiger partial charge in [-0.1, -0.05) is 0 Å². The number of aromatic nitrogens is 2. The average Bonchev–Trinajstić information content (AvgIpc) is 2.74. The minimum absolute atomic E-state index is 0.109. The Morgan fingerprint density at radius 2 is 1.79 bits per heavy atom. The van der Waals surface area contributed by atoms with E-state index in [0.717, 1.165) is 24.4 Å². The summed E-state index contributed by atoms with van der Waals surface area (Å²) in [6.07, 6.45) is 6.26. The third kappa shape index (κ3) is 6.04. The van der Waals surface area contributed by atoms with E-state index in [0.29, 0.717) is 11.4 Å². The van der Waals surface area contributed by atoms with Crippen molar-refractivity contribution >= 4 is 17.3 Å². The van der Waals surface area contributed by atoms with E-state index in [1.807, 2.05) is 63.4 Å². The molecule has 0 aliphatic carbocycles. The van der Waals surface area contributed by atoms with Gasteiger partial charge in [0.1, 0.15) is 11.4 Å². The lowest BCUT2D eigenvalue weighted by Gasteiger charge is -2.19. The number of nitrogens with zero attached hydrogens (tertiary/aromatic N) is 3. The summed E-state index contributed by atoms with van der Waals surface area (Å²) < 4.78 is 5.62. The third-order valence-electron chi connectivity index (χ3n) is 4.39. The van der Waals surface area contributed by atoms with Crippen molar-refractivity contribution in [3.05, 3.63) is 78.4 Å². The third-order valence-corrected chi connectivity index (χ3v) is 4.39. The monoisotopic (exact) mass is 390 g/mol. The van der Waals surface area contributed by atoms with Crippen LogP contribution >= 0.6 is 0 Å². The Balaban J connectivity index is 1.61. The van der Waals surface area contributed by atoms with Crippen LogP contribution in [-0.2, 0) is 6.42 Å². The topological polar surface area (TPSA) is 67.3 Å². The summed E-state index contributed by atoms with van der Waals surface area (Å²) in [5, 5.41) is 2.88. The highest BCUT2D eigenvalue weighted by Crippen LogP contribution is 2.19. The van der Waals surface area contributed by atoms with Gasteiger partial charge in [0.15, 0.2) is 0 Å². The molecule has 0 bridgehead atoms. The van der Waals surface area contributed by atoms with Crippen LogP contribution in [0.5, 0.6) is 5.75 Å². The molecule has 3 rings (SSSR count). The molecule has 1 aromatic carbocycles. The van der Waals surface area contributed by atoms with Gasteiger partial charge in [0.25, 0.3) is 5.91 Å². The standard InChI is InChI=1S/C23H26N4O2/c1-17(2)29-21-6-4-19(5-7-21)26-23(28)22-16-20(10-14-25-22)27(3)15-11-18-8-12-24-13-9-18/h4-10,12-14,16-17H,11,15H2,1-3H3,(H,26,28). The maximum absolute atomic E-state index is 12.6. The molecule has 0 spiro atoms. The molecule has 1 amide bonds. The molecule has 0 unspecified atom stereocenters. The number of rotatable bonds is 8. The first-order valence-corrected chi connectivity index (χ1v) is 9.65. The van der Waals surface area contributed by atoms with Gasteiger partial charge in [-0.15, -0.1) is 0 Å². The Morgan fingerprint density at radius 1 is 1.07 bits per heavy atom. The number of carbonyl (C=O) groups excluding carboxylic acids is 1. The Kier molecular flexibility index (Phi) is 6.79. The summed E-state index contributed by atoms with van der Waals surface area (Å²) in [6.45, 7) is 4.78. The van der Waals surface area contributed by atoms with Gasteiger partial charge in [-0.25, -0.2) is 0 Å². The van der Waals surface area contributed by atoms with E-state index in [1.54, 1.807) is 24.7 Å². The maximum atomic E-state index is 12.6. The van der Waals surface area contributed by atoms with Gasteiger partial charge in [-0.05, 0) is 74.4 Å². The molecule has 0 aliphatic heterocycles. The second kappa shape index (κ2) is 9.68. The zero-order valence-corrected chi connectivity index (χ0v) is 17.0. The van der Waals surface area contributed by atoms with E-state index in [4.69, 9.17) is 4.74 Å². The molecule has 0 saturated heterocycles. The summed E-state index contributed by atoms with van der Waals surface area (Å²) in [6, 6.07) is 15.0. The molecular formula is C23H26N4O2. The number of amides is 1. The van der Waals surface area contributed by atoms with E-state index in [9.17, 15) is 4.79 Å². The fourth-order valence-electron chi connectivity index (χ4n) is 2.84. The molecular weight excluding hydrogens is 364 g/mol. The lowest BCUT2D eigenvalue weighted by molar-refractivity contribution is 0.102. The number of nitrogens with one attached hydrogen (secondary N) is 1. The zero-order chi connectivity index (χ0) is 20.6. The number of likely N-dealkylation sites (N-methyl/N-ethyl adjacent to an activating group) is 1. The highest BCUT2D eigenvalue weighted by molar-refractivity contribution is 6.03. The second-order valence-corrected chi connectivity index (χ2v) is 7.07. The van der Waals surface area contributed by atoms with Crippen molar-refractivity contribution < 1.29 is 9.53 Å². The van der Waals surface area contributed by atoms with Gasteiger partial charge in [0.05, 0.1) is 6.10 Å². The van der Waals surface area contributed by atoms with Gasteiger partial charge < -0.3 is 15.0 Å². The van der Waals surface area contributed by atoms with Crippen LogP contribution in [0.1, 0.15) is 29.9 Å². The van der Waals surface area contributed by atoms with Gasteiger partial charge in [-0.2, -0.15) is 0 Å². The number of ether oxygens (including phenoxy) is 1. The SMILES string of the molecule is CC(C)Oc1ccc(NC(=O)c2cc(N(C)CCc3ccncc3)ccn2)cc1. The first-order chi connectivity index (χ1) is 14.0. The van der Waals surface area contributed by atoms with Gasteiger partial charge >= 0.3 is 0 Å². The van der Waals surface area contributed by atoms with E-state index in [1.165, 1.54) is 5.56 Å². The Hall–Kier alpha value is -3.41. The predicted octanol–water partition coefficient (Wildman–Crippen LogP) is 4.20. The van der Waals surface area contributed by atoms with E-state index in [-0.39, 0.29) is 12.0 Å². The number of hydrogen-bond donors (Lipinski definition) is 1. The van der Waals surface area contributed by atoms with Gasteiger partial charge in [0, 0.05) is 43.6 Å². The molecule has 0 fully saturated rings. The van der Waals surface area contributed by atoms with Crippen molar-refractivity contribution in [2.24, 2.45) is 0 Å². The first-order valence-electron chi connectivity index (χ1n) is 9.65. The Morgan fingerprint density at radius 3 is 2.48 bits per heavy atom. The van der Waals surface area contributed by atoms with Gasteiger partial charge in [0.2, 0.25) is 0 Å². The van der Waals surface area contributed by atoms with Crippen molar-refractivity contribution in [3.8, 4) is 5.75 Å². The van der Waals surface area contributed by atoms with Crippen LogP contribution in [-0.4, -0.2) is 35.6 Å². The lowest BCUT2D eigenvalue weighted by atomic mass is 10.2. The predicted molar refractivity (Wildman–Crippen MR) is 116 cm³/mol. The summed E-state index contributed by atoms with van der Waals surface area (Å²) >= 11 is 0. The molecule has 3 aromatic rings. The largest absolute Gasteiger partial charge is 0.491 e. The van der Waals surface area contributed by atoms with Crippen molar-refractivity contribution in [1.82, 2.24) is 9.97 Å². The van der Waals surface area contributed by atoms with Crippen LogP contribution in [0.2, 0.25) is 0 Å². The maximum Gasteiger partial charge on any atom is 0.274 e. The highest BCUT2D eigenvalue weighted by Gasteiger charge is 2.11. The summed E-state index contributed by atoms with van der Waals surface area (Å²) in [5.74, 6) is 0.529. The van der Waals surface area contributed by atoms with Crippen LogP contribution in [0.25, 0.3) is 0 Å². The second-order valence-electron chi connectivity index (χ2n) is 7.07. The molecule has 0 saturated carbocycles. The number of pyridine rings is 2. The Labute approximate surface area is 171 Å². The zero-order valence-electron chi connectivity index (χ0n) is 17.0. The normalized spacial score (nSPS) is 10.6. The minimum Gasteiger partial charge on any atom is -0.491 e. The van der Waals surface area contributed by atoms with Crippen molar-refractivity contribution in [3.63, 3.8) is 0 Å². The molecule has 150 valence electrons. The number of benzene rings is 1. The number of hydrogen-bond acceptors (Lipinski definition) is 5. The summed E-state index contributed by atoms with van der Waals surface area (Å²) in [5.41, 5.74) is 3.24. The molecule has 29 heavy (non-hydrogen) atoms.